The van der Waals surface area contributed by atoms with Crippen LogP contribution in [-0.4, -0.2) is 22.1 Å². The third-order valence-electron chi connectivity index (χ3n) is 4.74. The van der Waals surface area contributed by atoms with E-state index in [1.54, 1.807) is 13.2 Å². The van der Waals surface area contributed by atoms with Gasteiger partial charge >= 0.3 is 5.63 Å². The van der Waals surface area contributed by atoms with Gasteiger partial charge in [0.25, 0.3) is 0 Å². The van der Waals surface area contributed by atoms with Crippen LogP contribution in [0.4, 0.5) is 17.6 Å². The molecule has 0 bridgehead atoms. The molecule has 0 amide bonds. The monoisotopic (exact) mass is 433 g/mol. The van der Waals surface area contributed by atoms with Crippen LogP contribution in [0.1, 0.15) is 24.7 Å². The molecule has 0 atom stereocenters. The fraction of sp³-hybridized carbons (Fsp3) is 0.217. The van der Waals surface area contributed by atoms with E-state index in [2.05, 4.69) is 27.2 Å². The maximum absolute atomic E-state index is 11.9. The van der Waals surface area contributed by atoms with E-state index in [0.29, 0.717) is 28.6 Å². The summed E-state index contributed by atoms with van der Waals surface area (Å²) in [7, 11) is 1.58. The number of nitrogen functional groups attached to an aromatic ring is 1. The third-order valence-corrected chi connectivity index (χ3v) is 4.74. The number of hydrogen-bond donors (Lipinski definition) is 2. The van der Waals surface area contributed by atoms with Gasteiger partial charge in [0.1, 0.15) is 23.7 Å². The molecule has 4 rings (SSSR count). The van der Waals surface area contributed by atoms with Crippen LogP contribution in [0.5, 0.6) is 11.5 Å². The van der Waals surface area contributed by atoms with E-state index >= 15 is 0 Å². The Hall–Kier alpha value is -4.14. The Balaban J connectivity index is 1.53. The Bertz CT molecular complexity index is 1310. The molecule has 9 nitrogen and oxygen atoms in total. The van der Waals surface area contributed by atoms with E-state index in [9.17, 15) is 4.79 Å². The summed E-state index contributed by atoms with van der Waals surface area (Å²) in [4.78, 5) is 24.5. The Morgan fingerprint density at radius 2 is 1.94 bits per heavy atom. The molecule has 4 aromatic rings. The van der Waals surface area contributed by atoms with Crippen molar-refractivity contribution in [2.45, 2.75) is 26.4 Å². The number of nitrogens with one attached hydrogen (secondary N) is 1. The van der Waals surface area contributed by atoms with Crippen LogP contribution in [0.2, 0.25) is 0 Å². The van der Waals surface area contributed by atoms with Gasteiger partial charge in [0.2, 0.25) is 11.9 Å². The molecule has 0 aliphatic heterocycles. The van der Waals surface area contributed by atoms with Gasteiger partial charge in [-0.3, -0.25) is 0 Å². The van der Waals surface area contributed by atoms with Crippen molar-refractivity contribution in [3.05, 3.63) is 70.3 Å². The summed E-state index contributed by atoms with van der Waals surface area (Å²) in [5.41, 5.74) is 7.60. The van der Waals surface area contributed by atoms with E-state index in [4.69, 9.17) is 19.6 Å². The number of ether oxygens (including phenoxy) is 2. The molecule has 2 aromatic heterocycles. The van der Waals surface area contributed by atoms with Crippen LogP contribution >= 0.6 is 0 Å². The van der Waals surface area contributed by atoms with Gasteiger partial charge < -0.3 is 24.9 Å². The quantitative estimate of drug-likeness (QED) is 0.399. The topological polar surface area (TPSA) is 125 Å². The molecular weight excluding hydrogens is 410 g/mol. The molecule has 0 fully saturated rings. The summed E-state index contributed by atoms with van der Waals surface area (Å²) in [6.45, 7) is 2.12. The highest BCUT2D eigenvalue weighted by molar-refractivity contribution is 5.81. The van der Waals surface area contributed by atoms with Gasteiger partial charge in [-0.1, -0.05) is 25.5 Å². The Labute approximate surface area is 184 Å². The minimum atomic E-state index is -0.379. The lowest BCUT2D eigenvalue weighted by Gasteiger charge is -2.11. The predicted molar refractivity (Wildman–Crippen MR) is 121 cm³/mol. The number of methoxy groups -OCH3 is 1. The van der Waals surface area contributed by atoms with Crippen LogP contribution in [-0.2, 0) is 13.0 Å². The fourth-order valence-electron chi connectivity index (χ4n) is 3.35. The van der Waals surface area contributed by atoms with Gasteiger partial charge in [-0.05, 0) is 36.2 Å². The van der Waals surface area contributed by atoms with Gasteiger partial charge in [0.15, 0.2) is 5.82 Å². The molecule has 164 valence electrons. The zero-order valence-electron chi connectivity index (χ0n) is 17.8. The predicted octanol–water partition coefficient (Wildman–Crippen LogP) is 3.84. The second kappa shape index (κ2) is 9.34. The minimum Gasteiger partial charge on any atom is -0.495 e. The van der Waals surface area contributed by atoms with Crippen molar-refractivity contribution in [2.75, 3.05) is 18.2 Å². The van der Waals surface area contributed by atoms with E-state index in [0.717, 1.165) is 23.8 Å². The largest absolute Gasteiger partial charge is 0.495 e. The summed E-state index contributed by atoms with van der Waals surface area (Å²) in [5.74, 6) is 1.84. The molecule has 0 radical (unpaired) electrons. The van der Waals surface area contributed by atoms with Crippen LogP contribution in [0.15, 0.2) is 57.7 Å². The van der Waals surface area contributed by atoms with E-state index in [1.165, 1.54) is 6.07 Å². The van der Waals surface area contributed by atoms with Crippen LogP contribution < -0.4 is 26.1 Å². The van der Waals surface area contributed by atoms with E-state index in [-0.39, 0.29) is 24.1 Å². The number of aromatic nitrogens is 3. The maximum atomic E-state index is 11.9. The lowest BCUT2D eigenvalue weighted by atomic mass is 10.1. The van der Waals surface area contributed by atoms with Gasteiger partial charge in [0, 0.05) is 17.5 Å². The van der Waals surface area contributed by atoms with Crippen molar-refractivity contribution in [1.82, 2.24) is 15.0 Å². The van der Waals surface area contributed by atoms with Crippen LogP contribution in [0.25, 0.3) is 11.0 Å². The number of nitrogens with zero attached hydrogens (tertiary/aromatic N) is 3. The molecule has 32 heavy (non-hydrogen) atoms. The smallest absolute Gasteiger partial charge is 0.336 e. The highest BCUT2D eigenvalue weighted by Gasteiger charge is 2.10. The normalized spacial score (nSPS) is 10.8. The summed E-state index contributed by atoms with van der Waals surface area (Å²) < 4.78 is 16.5. The molecular formula is C23H23N5O4. The highest BCUT2D eigenvalue weighted by atomic mass is 16.5. The number of para-hydroxylation sites is 2. The van der Waals surface area contributed by atoms with E-state index < -0.39 is 0 Å². The van der Waals surface area contributed by atoms with Crippen LogP contribution in [0.3, 0.4) is 0 Å². The molecule has 2 heterocycles. The molecule has 0 saturated carbocycles. The van der Waals surface area contributed by atoms with Crippen molar-refractivity contribution < 1.29 is 13.9 Å². The van der Waals surface area contributed by atoms with E-state index in [1.807, 2.05) is 36.4 Å². The molecule has 0 aliphatic carbocycles. The van der Waals surface area contributed by atoms with Crippen molar-refractivity contribution >= 4 is 28.6 Å². The Kier molecular flexibility index (Phi) is 6.16. The van der Waals surface area contributed by atoms with Crippen LogP contribution in [0, 0.1) is 0 Å². The molecule has 2 aromatic carbocycles. The zero-order chi connectivity index (χ0) is 22.5. The number of nitrogens with two attached hydrogens (primary N) is 1. The second-order valence-electron chi connectivity index (χ2n) is 7.05. The average Bonchev–Trinajstić information content (AvgIpc) is 2.77. The maximum Gasteiger partial charge on any atom is 0.336 e. The second-order valence-corrected chi connectivity index (χ2v) is 7.05. The van der Waals surface area contributed by atoms with Crippen molar-refractivity contribution in [3.8, 4) is 11.5 Å². The lowest BCUT2D eigenvalue weighted by Crippen LogP contribution is -2.09. The number of rotatable bonds is 8. The first kappa shape index (κ1) is 21.1. The summed E-state index contributed by atoms with van der Waals surface area (Å²) in [6, 6.07) is 14.3. The number of fused-ring (bicyclic) bond motifs is 1. The molecule has 0 spiro atoms. The first-order valence-electron chi connectivity index (χ1n) is 10.2. The number of anilines is 3. The van der Waals surface area contributed by atoms with Gasteiger partial charge in [0.05, 0.1) is 12.8 Å². The Morgan fingerprint density at radius 1 is 1.09 bits per heavy atom. The average molecular weight is 433 g/mol. The molecule has 3 N–H and O–H groups in total. The highest BCUT2D eigenvalue weighted by Crippen LogP contribution is 2.26. The first-order chi connectivity index (χ1) is 15.6. The van der Waals surface area contributed by atoms with Gasteiger partial charge in [-0.25, -0.2) is 4.79 Å². The fourth-order valence-corrected chi connectivity index (χ4v) is 3.35. The van der Waals surface area contributed by atoms with Gasteiger partial charge in [-0.15, -0.1) is 0 Å². The van der Waals surface area contributed by atoms with Crippen molar-refractivity contribution in [1.29, 1.82) is 0 Å². The Morgan fingerprint density at radius 3 is 2.75 bits per heavy atom. The lowest BCUT2D eigenvalue weighted by molar-refractivity contribution is 0.296. The standard InChI is InChI=1S/C23H23N5O4/c1-3-6-14-11-21(29)32-19-12-15(9-10-16(14)19)31-13-20-26-22(24)28-23(27-20)25-17-7-4-5-8-18(17)30-2/h4-5,7-12H,3,6,13H2,1-2H3,(H3,24,25,26,27,28). The summed E-state index contributed by atoms with van der Waals surface area (Å²) >= 11 is 0. The number of benzene rings is 2. The first-order valence-corrected chi connectivity index (χ1v) is 10.2. The minimum absolute atomic E-state index is 0.0533. The number of aryl methyl sites for hydroxylation is 1. The van der Waals surface area contributed by atoms with Gasteiger partial charge in [-0.2, -0.15) is 15.0 Å². The summed E-state index contributed by atoms with van der Waals surface area (Å²) in [5, 5.41) is 3.97. The third kappa shape index (κ3) is 4.77. The van der Waals surface area contributed by atoms with Crippen molar-refractivity contribution in [2.24, 2.45) is 0 Å². The molecule has 9 heteroatoms. The SMILES string of the molecule is CCCc1cc(=O)oc2cc(OCc3nc(N)nc(Nc4ccccc4OC)n3)ccc12. The molecule has 0 unspecified atom stereocenters. The number of hydrogen-bond acceptors (Lipinski definition) is 9. The molecule has 0 saturated heterocycles. The summed E-state index contributed by atoms with van der Waals surface area (Å²) in [6.07, 6.45) is 1.73. The molecule has 0 aliphatic rings. The zero-order valence-corrected chi connectivity index (χ0v) is 17.8. The van der Waals surface area contributed by atoms with Crippen molar-refractivity contribution in [3.63, 3.8) is 0 Å².